The van der Waals surface area contributed by atoms with Crippen LogP contribution in [0.5, 0.6) is 5.75 Å². The molecule has 3 N–H and O–H groups in total. The zero-order valence-corrected chi connectivity index (χ0v) is 15.2. The Morgan fingerprint density at radius 2 is 2.00 bits per heavy atom. The van der Waals surface area contributed by atoms with Crippen LogP contribution in [0.2, 0.25) is 0 Å². The van der Waals surface area contributed by atoms with Crippen molar-refractivity contribution in [3.63, 3.8) is 0 Å². The molecule has 5 heteroatoms. The van der Waals surface area contributed by atoms with E-state index in [1.54, 1.807) is 0 Å². The third kappa shape index (κ3) is 5.11. The number of halogens is 1. The molecule has 23 heavy (non-hydrogen) atoms. The quantitative estimate of drug-likeness (QED) is 0.809. The number of nitrogens with one attached hydrogen (secondary N) is 1. The van der Waals surface area contributed by atoms with E-state index in [4.69, 9.17) is 10.5 Å². The number of benzene rings is 1. The Kier molecular flexibility index (Phi) is 7.36. The van der Waals surface area contributed by atoms with Gasteiger partial charge in [0.25, 0.3) is 0 Å². The van der Waals surface area contributed by atoms with Crippen LogP contribution in [0.15, 0.2) is 18.2 Å². The number of hydrogen-bond acceptors (Lipinski definition) is 3. The Hall–Kier alpha value is -1.26. The van der Waals surface area contributed by atoms with E-state index in [1.807, 2.05) is 39.0 Å². The van der Waals surface area contributed by atoms with E-state index in [1.165, 1.54) is 0 Å². The second-order valence-corrected chi connectivity index (χ2v) is 6.66. The van der Waals surface area contributed by atoms with Gasteiger partial charge < -0.3 is 15.8 Å². The van der Waals surface area contributed by atoms with Crippen LogP contribution in [-0.4, -0.2) is 24.6 Å². The molecule has 0 aromatic heterocycles. The number of ether oxygens (including phenoxy) is 1. The summed E-state index contributed by atoms with van der Waals surface area (Å²) in [6, 6.07) is 6.08. The third-order valence-electron chi connectivity index (χ3n) is 4.63. The Morgan fingerprint density at radius 1 is 1.35 bits per heavy atom. The first kappa shape index (κ1) is 19.8. The minimum absolute atomic E-state index is 0. The van der Waals surface area contributed by atoms with Gasteiger partial charge in [-0.3, -0.25) is 4.79 Å². The van der Waals surface area contributed by atoms with Crippen molar-refractivity contribution in [2.45, 2.75) is 52.0 Å². The van der Waals surface area contributed by atoms with Gasteiger partial charge in [-0.1, -0.05) is 31.0 Å². The van der Waals surface area contributed by atoms with Crippen molar-refractivity contribution in [1.29, 1.82) is 0 Å². The molecule has 1 aliphatic rings. The number of rotatable bonds is 5. The maximum Gasteiger partial charge on any atom is 0.225 e. The molecule has 1 saturated carbocycles. The predicted molar refractivity (Wildman–Crippen MR) is 96.2 cm³/mol. The highest BCUT2D eigenvalue weighted by Gasteiger charge is 2.37. The van der Waals surface area contributed by atoms with Crippen molar-refractivity contribution in [3.05, 3.63) is 29.3 Å². The summed E-state index contributed by atoms with van der Waals surface area (Å²) in [5.74, 6) is 0.898. The standard InChI is InChI=1S/C18H28N2O2.ClH/c1-13-7-6-8-14(2)16(13)22-12-11-20-17(21)15-9-4-5-10-18(15,3)19;/h6-8,15H,4-5,9-12,19H2,1-3H3,(H,20,21);1H. The third-order valence-corrected chi connectivity index (χ3v) is 4.63. The maximum atomic E-state index is 12.3. The number of hydrogen-bond donors (Lipinski definition) is 2. The summed E-state index contributed by atoms with van der Waals surface area (Å²) in [4.78, 5) is 12.3. The highest BCUT2D eigenvalue weighted by molar-refractivity contribution is 5.85. The van der Waals surface area contributed by atoms with Crippen LogP contribution in [-0.2, 0) is 4.79 Å². The number of nitrogens with two attached hydrogens (primary N) is 1. The Balaban J connectivity index is 0.00000264. The summed E-state index contributed by atoms with van der Waals surface area (Å²) in [5, 5.41) is 2.97. The minimum atomic E-state index is -0.379. The monoisotopic (exact) mass is 340 g/mol. The van der Waals surface area contributed by atoms with Crippen LogP contribution in [0.4, 0.5) is 0 Å². The van der Waals surface area contributed by atoms with Gasteiger partial charge in [0.15, 0.2) is 0 Å². The number of carbonyl (C=O) groups is 1. The van der Waals surface area contributed by atoms with Crippen LogP contribution < -0.4 is 15.8 Å². The lowest BCUT2D eigenvalue weighted by Gasteiger charge is -2.37. The van der Waals surface area contributed by atoms with Gasteiger partial charge in [0, 0.05) is 5.54 Å². The lowest BCUT2D eigenvalue weighted by atomic mass is 9.74. The molecule has 2 rings (SSSR count). The predicted octanol–water partition coefficient (Wildman–Crippen LogP) is 3.13. The van der Waals surface area contributed by atoms with Crippen LogP contribution in [0.25, 0.3) is 0 Å². The Labute approximate surface area is 145 Å². The van der Waals surface area contributed by atoms with Crippen molar-refractivity contribution in [1.82, 2.24) is 5.32 Å². The highest BCUT2D eigenvalue weighted by atomic mass is 35.5. The fraction of sp³-hybridized carbons (Fsp3) is 0.611. The molecule has 2 atom stereocenters. The van der Waals surface area contributed by atoms with E-state index in [-0.39, 0.29) is 29.8 Å². The number of para-hydroxylation sites is 1. The first-order valence-corrected chi connectivity index (χ1v) is 8.17. The van der Waals surface area contributed by atoms with Gasteiger partial charge in [-0.15, -0.1) is 12.4 Å². The first-order chi connectivity index (χ1) is 10.4. The molecule has 1 aliphatic carbocycles. The van der Waals surface area contributed by atoms with Gasteiger partial charge in [0.2, 0.25) is 5.91 Å². The molecule has 0 radical (unpaired) electrons. The molecule has 0 heterocycles. The zero-order valence-electron chi connectivity index (χ0n) is 14.4. The van der Waals surface area contributed by atoms with Crippen LogP contribution in [0.1, 0.15) is 43.7 Å². The van der Waals surface area contributed by atoms with Crippen molar-refractivity contribution in [2.24, 2.45) is 11.7 Å². The number of aryl methyl sites for hydroxylation is 2. The average molecular weight is 341 g/mol. The second kappa shape index (κ2) is 8.55. The molecule has 0 saturated heterocycles. The average Bonchev–Trinajstić information content (AvgIpc) is 2.45. The van der Waals surface area contributed by atoms with Crippen molar-refractivity contribution >= 4 is 18.3 Å². The lowest BCUT2D eigenvalue weighted by Crippen LogP contribution is -2.53. The van der Waals surface area contributed by atoms with Gasteiger partial charge in [0.05, 0.1) is 12.5 Å². The zero-order chi connectivity index (χ0) is 16.2. The van der Waals surface area contributed by atoms with Crippen LogP contribution in [0, 0.1) is 19.8 Å². The summed E-state index contributed by atoms with van der Waals surface area (Å²) < 4.78 is 5.81. The summed E-state index contributed by atoms with van der Waals surface area (Å²) in [6.07, 6.45) is 4.01. The Morgan fingerprint density at radius 3 is 2.61 bits per heavy atom. The van der Waals surface area contributed by atoms with Gasteiger partial charge in [-0.05, 0) is 44.7 Å². The van der Waals surface area contributed by atoms with E-state index in [2.05, 4.69) is 5.32 Å². The summed E-state index contributed by atoms with van der Waals surface area (Å²) in [7, 11) is 0. The molecule has 4 nitrogen and oxygen atoms in total. The number of amides is 1. The smallest absolute Gasteiger partial charge is 0.225 e. The molecule has 0 bridgehead atoms. The van der Waals surface area contributed by atoms with Gasteiger partial charge in [0.1, 0.15) is 12.4 Å². The SMILES string of the molecule is Cc1cccc(C)c1OCCNC(=O)C1CCCCC1(C)N.Cl. The van der Waals surface area contributed by atoms with Gasteiger partial charge in [-0.25, -0.2) is 0 Å². The molecular formula is C18H29ClN2O2. The van der Waals surface area contributed by atoms with Gasteiger partial charge in [-0.2, -0.15) is 0 Å². The van der Waals surface area contributed by atoms with E-state index in [0.29, 0.717) is 13.2 Å². The minimum Gasteiger partial charge on any atom is -0.491 e. The van der Waals surface area contributed by atoms with E-state index >= 15 is 0 Å². The molecule has 1 amide bonds. The molecule has 0 spiro atoms. The summed E-state index contributed by atoms with van der Waals surface area (Å²) in [5.41, 5.74) is 8.12. The summed E-state index contributed by atoms with van der Waals surface area (Å²) >= 11 is 0. The molecule has 1 aromatic rings. The van der Waals surface area contributed by atoms with Crippen LogP contribution in [0.3, 0.4) is 0 Å². The lowest BCUT2D eigenvalue weighted by molar-refractivity contribution is -0.128. The van der Waals surface area contributed by atoms with E-state index < -0.39 is 0 Å². The van der Waals surface area contributed by atoms with Gasteiger partial charge >= 0.3 is 0 Å². The summed E-state index contributed by atoms with van der Waals surface area (Å²) in [6.45, 7) is 7.04. The molecular weight excluding hydrogens is 312 g/mol. The topological polar surface area (TPSA) is 64.3 Å². The van der Waals surface area contributed by atoms with Crippen molar-refractivity contribution in [3.8, 4) is 5.75 Å². The fourth-order valence-electron chi connectivity index (χ4n) is 3.27. The second-order valence-electron chi connectivity index (χ2n) is 6.66. The molecule has 1 fully saturated rings. The maximum absolute atomic E-state index is 12.3. The van der Waals surface area contributed by atoms with E-state index in [0.717, 1.165) is 42.6 Å². The normalized spacial score (nSPS) is 23.7. The van der Waals surface area contributed by atoms with E-state index in [9.17, 15) is 4.79 Å². The van der Waals surface area contributed by atoms with Crippen molar-refractivity contribution < 1.29 is 9.53 Å². The molecule has 0 aliphatic heterocycles. The highest BCUT2D eigenvalue weighted by Crippen LogP contribution is 2.31. The Bertz CT molecular complexity index is 512. The molecule has 130 valence electrons. The largest absolute Gasteiger partial charge is 0.491 e. The fourth-order valence-corrected chi connectivity index (χ4v) is 3.27. The van der Waals surface area contributed by atoms with Crippen LogP contribution >= 0.6 is 12.4 Å². The first-order valence-electron chi connectivity index (χ1n) is 8.17. The molecule has 2 unspecified atom stereocenters. The van der Waals surface area contributed by atoms with Crippen molar-refractivity contribution in [2.75, 3.05) is 13.2 Å². The molecule has 1 aromatic carbocycles. The number of carbonyl (C=O) groups excluding carboxylic acids is 1.